The van der Waals surface area contributed by atoms with E-state index in [0.29, 0.717) is 6.54 Å². The second-order valence-corrected chi connectivity index (χ2v) is 8.10. The van der Waals surface area contributed by atoms with Crippen LogP contribution >= 0.6 is 0 Å². The molecular formula is C24H28N2O5. The molecule has 0 aliphatic heterocycles. The minimum absolute atomic E-state index is 0.0697. The third kappa shape index (κ3) is 4.87. The first-order valence-electron chi connectivity index (χ1n) is 10.4. The number of nitrogens with zero attached hydrogens (tertiary/aromatic N) is 1. The monoisotopic (exact) mass is 424 g/mol. The van der Waals surface area contributed by atoms with Gasteiger partial charge in [0, 0.05) is 19.0 Å². The first-order chi connectivity index (χ1) is 14.7. The summed E-state index contributed by atoms with van der Waals surface area (Å²) in [7, 11) is 0. The van der Waals surface area contributed by atoms with Crippen LogP contribution in [0.3, 0.4) is 0 Å². The number of carbonyl (C=O) groups is 3. The van der Waals surface area contributed by atoms with Gasteiger partial charge in [-0.3, -0.25) is 9.59 Å². The maximum absolute atomic E-state index is 12.8. The molecular weight excluding hydrogens is 396 g/mol. The molecule has 0 radical (unpaired) electrons. The summed E-state index contributed by atoms with van der Waals surface area (Å²) in [6.07, 6.45) is -0.838. The minimum atomic E-state index is -1.23. The molecule has 1 aliphatic rings. The maximum Gasteiger partial charge on any atom is 0.408 e. The third-order valence-corrected chi connectivity index (χ3v) is 5.56. The van der Waals surface area contributed by atoms with Crippen molar-refractivity contribution in [2.45, 2.75) is 38.6 Å². The first kappa shape index (κ1) is 22.3. The van der Waals surface area contributed by atoms with Crippen molar-refractivity contribution in [1.29, 1.82) is 0 Å². The van der Waals surface area contributed by atoms with Gasteiger partial charge in [0.25, 0.3) is 0 Å². The Morgan fingerprint density at radius 3 is 2.10 bits per heavy atom. The molecule has 7 nitrogen and oxygen atoms in total. The standard InChI is InChI=1S/C24H28N2O5/c1-4-26(14-13-21(27)28)22(29)24(2,3)25-23(30)31-15-20-18-11-7-5-9-16(18)17-10-6-8-12-19(17)20/h5-12,20H,4,13-15H2,1-3H3,(H,25,30)(H,27,28). The molecule has 2 amide bonds. The molecule has 2 aromatic rings. The smallest absolute Gasteiger partial charge is 0.408 e. The number of hydrogen-bond acceptors (Lipinski definition) is 4. The number of nitrogens with one attached hydrogen (secondary N) is 1. The van der Waals surface area contributed by atoms with Gasteiger partial charge in [-0.2, -0.15) is 0 Å². The number of likely N-dealkylation sites (N-methyl/N-ethyl adjacent to an activating group) is 1. The first-order valence-corrected chi connectivity index (χ1v) is 10.4. The molecule has 0 bridgehead atoms. The molecule has 1 aliphatic carbocycles. The van der Waals surface area contributed by atoms with Gasteiger partial charge in [0.2, 0.25) is 5.91 Å². The van der Waals surface area contributed by atoms with E-state index in [1.54, 1.807) is 20.8 Å². The van der Waals surface area contributed by atoms with Gasteiger partial charge in [0.05, 0.1) is 6.42 Å². The van der Waals surface area contributed by atoms with E-state index in [2.05, 4.69) is 17.4 Å². The van der Waals surface area contributed by atoms with E-state index in [4.69, 9.17) is 9.84 Å². The fourth-order valence-corrected chi connectivity index (χ4v) is 3.97. The zero-order valence-corrected chi connectivity index (χ0v) is 18.1. The van der Waals surface area contributed by atoms with Crippen LogP contribution in [0.2, 0.25) is 0 Å². The Kier molecular flexibility index (Phi) is 6.63. The van der Waals surface area contributed by atoms with Crippen molar-refractivity contribution in [1.82, 2.24) is 10.2 Å². The SMILES string of the molecule is CCN(CCC(=O)O)C(=O)C(C)(C)NC(=O)OCC1c2ccccc2-c2ccccc21. The van der Waals surface area contributed by atoms with E-state index in [1.807, 2.05) is 36.4 Å². The van der Waals surface area contributed by atoms with Crippen molar-refractivity contribution in [2.24, 2.45) is 0 Å². The van der Waals surface area contributed by atoms with Crippen molar-refractivity contribution < 1.29 is 24.2 Å². The Morgan fingerprint density at radius 2 is 1.58 bits per heavy atom. The summed E-state index contributed by atoms with van der Waals surface area (Å²) in [6.45, 7) is 5.52. The fraction of sp³-hybridized carbons (Fsp3) is 0.375. The molecule has 0 saturated carbocycles. The predicted octanol–water partition coefficient (Wildman–Crippen LogP) is 3.63. The summed E-state index contributed by atoms with van der Waals surface area (Å²) in [5.74, 6) is -1.40. The summed E-state index contributed by atoms with van der Waals surface area (Å²) in [4.78, 5) is 37.6. The van der Waals surface area contributed by atoms with E-state index in [-0.39, 0.29) is 31.4 Å². The van der Waals surface area contributed by atoms with Crippen molar-refractivity contribution >= 4 is 18.0 Å². The molecule has 0 spiro atoms. The Balaban J connectivity index is 1.64. The van der Waals surface area contributed by atoms with Crippen LogP contribution in [-0.2, 0) is 14.3 Å². The highest BCUT2D eigenvalue weighted by Gasteiger charge is 2.35. The van der Waals surface area contributed by atoms with Crippen molar-refractivity contribution in [3.8, 4) is 11.1 Å². The van der Waals surface area contributed by atoms with Gasteiger partial charge in [0.1, 0.15) is 12.1 Å². The molecule has 0 atom stereocenters. The maximum atomic E-state index is 12.8. The van der Waals surface area contributed by atoms with Crippen LogP contribution in [0, 0.1) is 0 Å². The largest absolute Gasteiger partial charge is 0.481 e. The molecule has 2 aromatic carbocycles. The van der Waals surface area contributed by atoms with Crippen LogP contribution < -0.4 is 5.32 Å². The average molecular weight is 424 g/mol. The second kappa shape index (κ2) is 9.20. The number of fused-ring (bicyclic) bond motifs is 3. The number of carboxylic acids is 1. The molecule has 3 rings (SSSR count). The van der Waals surface area contributed by atoms with Gasteiger partial charge in [-0.05, 0) is 43.0 Å². The van der Waals surface area contributed by atoms with Crippen LogP contribution in [0.25, 0.3) is 11.1 Å². The van der Waals surface area contributed by atoms with Gasteiger partial charge in [0.15, 0.2) is 0 Å². The average Bonchev–Trinajstić information content (AvgIpc) is 3.06. The molecule has 31 heavy (non-hydrogen) atoms. The van der Waals surface area contributed by atoms with E-state index in [0.717, 1.165) is 22.3 Å². The van der Waals surface area contributed by atoms with E-state index < -0.39 is 17.6 Å². The Labute approximate surface area is 182 Å². The number of carbonyl (C=O) groups excluding carboxylic acids is 2. The lowest BCUT2D eigenvalue weighted by Crippen LogP contribution is -2.56. The summed E-state index contributed by atoms with van der Waals surface area (Å²) in [6, 6.07) is 16.1. The topological polar surface area (TPSA) is 95.9 Å². The molecule has 0 saturated heterocycles. The van der Waals surface area contributed by atoms with Crippen LogP contribution in [0.15, 0.2) is 48.5 Å². The van der Waals surface area contributed by atoms with Crippen LogP contribution in [0.1, 0.15) is 44.2 Å². The second-order valence-electron chi connectivity index (χ2n) is 8.10. The normalized spacial score (nSPS) is 12.6. The lowest BCUT2D eigenvalue weighted by Gasteiger charge is -2.31. The van der Waals surface area contributed by atoms with Crippen molar-refractivity contribution in [3.05, 3.63) is 59.7 Å². The molecule has 0 aromatic heterocycles. The number of amides is 2. The molecule has 0 heterocycles. The van der Waals surface area contributed by atoms with Crippen LogP contribution in [0.5, 0.6) is 0 Å². The number of carboxylic acid groups (broad SMARTS) is 1. The van der Waals surface area contributed by atoms with Gasteiger partial charge >= 0.3 is 12.1 Å². The molecule has 7 heteroatoms. The number of hydrogen-bond donors (Lipinski definition) is 2. The Morgan fingerprint density at radius 1 is 1.03 bits per heavy atom. The van der Waals surface area contributed by atoms with E-state index in [1.165, 1.54) is 4.90 Å². The summed E-state index contributed by atoms with van der Waals surface area (Å²) in [5, 5.41) is 11.5. The fourth-order valence-electron chi connectivity index (χ4n) is 3.97. The van der Waals surface area contributed by atoms with Gasteiger partial charge < -0.3 is 20.1 Å². The van der Waals surface area contributed by atoms with Gasteiger partial charge in [-0.25, -0.2) is 4.79 Å². The highest BCUT2D eigenvalue weighted by atomic mass is 16.5. The number of aliphatic carboxylic acids is 1. The highest BCUT2D eigenvalue weighted by Crippen LogP contribution is 2.44. The molecule has 2 N–H and O–H groups in total. The predicted molar refractivity (Wildman–Crippen MR) is 117 cm³/mol. The Bertz CT molecular complexity index is 940. The summed E-state index contributed by atoms with van der Waals surface area (Å²) >= 11 is 0. The molecule has 164 valence electrons. The van der Waals surface area contributed by atoms with Crippen LogP contribution in [0.4, 0.5) is 4.79 Å². The van der Waals surface area contributed by atoms with Gasteiger partial charge in [-0.15, -0.1) is 0 Å². The Hall–Kier alpha value is -3.35. The number of alkyl carbamates (subject to hydrolysis) is 1. The number of benzene rings is 2. The number of ether oxygens (including phenoxy) is 1. The lowest BCUT2D eigenvalue weighted by molar-refractivity contribution is -0.140. The van der Waals surface area contributed by atoms with Crippen LogP contribution in [-0.4, -0.2) is 53.2 Å². The summed E-state index contributed by atoms with van der Waals surface area (Å²) < 4.78 is 5.52. The van der Waals surface area contributed by atoms with Gasteiger partial charge in [-0.1, -0.05) is 48.5 Å². The summed E-state index contributed by atoms with van der Waals surface area (Å²) in [5.41, 5.74) is 3.27. The number of rotatable bonds is 8. The van der Waals surface area contributed by atoms with Crippen molar-refractivity contribution in [2.75, 3.05) is 19.7 Å². The zero-order valence-electron chi connectivity index (χ0n) is 18.1. The quantitative estimate of drug-likeness (QED) is 0.675. The highest BCUT2D eigenvalue weighted by molar-refractivity contribution is 5.89. The van der Waals surface area contributed by atoms with Crippen molar-refractivity contribution in [3.63, 3.8) is 0 Å². The van der Waals surface area contributed by atoms with E-state index in [9.17, 15) is 14.4 Å². The third-order valence-electron chi connectivity index (χ3n) is 5.56. The van der Waals surface area contributed by atoms with E-state index >= 15 is 0 Å². The molecule has 0 fully saturated rings. The molecule has 0 unspecified atom stereocenters. The zero-order chi connectivity index (χ0) is 22.6. The lowest BCUT2D eigenvalue weighted by atomic mass is 9.98. The minimum Gasteiger partial charge on any atom is -0.481 e.